The Morgan fingerprint density at radius 3 is 2.75 bits per heavy atom. The van der Waals surface area contributed by atoms with Gasteiger partial charge in [-0.25, -0.2) is 0 Å². The largest absolute Gasteiger partial charge is 0.254 e. The van der Waals surface area contributed by atoms with E-state index in [1.54, 1.807) is 10.8 Å². The minimum absolute atomic E-state index is 0.601. The maximum atomic E-state index is 11.8. The van der Waals surface area contributed by atoms with Gasteiger partial charge < -0.3 is 0 Å². The summed E-state index contributed by atoms with van der Waals surface area (Å²) in [5, 5.41) is 2.03. The van der Waals surface area contributed by atoms with Crippen LogP contribution in [0.15, 0.2) is 46.7 Å². The molecule has 1 unspecified atom stereocenters. The lowest BCUT2D eigenvalue weighted by molar-refractivity contribution is 0.685. The molecule has 0 bridgehead atoms. The van der Waals surface area contributed by atoms with Gasteiger partial charge in [0.1, 0.15) is 0 Å². The fourth-order valence-electron chi connectivity index (χ4n) is 1.01. The lowest BCUT2D eigenvalue weighted by atomic mass is 10.4. The van der Waals surface area contributed by atoms with Crippen LogP contribution in [0.5, 0.6) is 0 Å². The first kappa shape index (κ1) is 13.9. The standard InChI is InChI=1S/C12H16OS3/c1-2-9-14-15-10-6-11-16(13)12-7-4-3-5-8-12/h3-8,10H,2,9,11H2,1H3/b10-6+. The van der Waals surface area contributed by atoms with Crippen molar-refractivity contribution in [2.24, 2.45) is 0 Å². The SMILES string of the molecule is CCCSS/C=C/CS(=O)c1ccccc1. The van der Waals surface area contributed by atoms with Crippen molar-refractivity contribution in [1.82, 2.24) is 0 Å². The zero-order chi connectivity index (χ0) is 11.6. The molecule has 0 radical (unpaired) electrons. The molecule has 0 amide bonds. The molecule has 0 fully saturated rings. The van der Waals surface area contributed by atoms with Crippen LogP contribution in [0.4, 0.5) is 0 Å². The van der Waals surface area contributed by atoms with E-state index in [9.17, 15) is 4.21 Å². The number of hydrogen-bond donors (Lipinski definition) is 0. The van der Waals surface area contributed by atoms with Crippen molar-refractivity contribution < 1.29 is 4.21 Å². The van der Waals surface area contributed by atoms with E-state index in [0.717, 1.165) is 10.6 Å². The van der Waals surface area contributed by atoms with E-state index < -0.39 is 10.8 Å². The summed E-state index contributed by atoms with van der Waals surface area (Å²) in [7, 11) is 2.65. The highest BCUT2D eigenvalue weighted by molar-refractivity contribution is 8.77. The first-order valence-corrected chi connectivity index (χ1v) is 8.91. The van der Waals surface area contributed by atoms with E-state index in [0.29, 0.717) is 5.75 Å². The monoisotopic (exact) mass is 272 g/mol. The van der Waals surface area contributed by atoms with Crippen LogP contribution in [0, 0.1) is 0 Å². The maximum absolute atomic E-state index is 11.8. The van der Waals surface area contributed by atoms with Gasteiger partial charge in [-0.3, -0.25) is 4.21 Å². The summed E-state index contributed by atoms with van der Waals surface area (Å²) in [6.07, 6.45) is 3.18. The average molecular weight is 272 g/mol. The zero-order valence-electron chi connectivity index (χ0n) is 9.30. The lowest BCUT2D eigenvalue weighted by Gasteiger charge is -1.97. The van der Waals surface area contributed by atoms with E-state index in [2.05, 4.69) is 6.92 Å². The van der Waals surface area contributed by atoms with E-state index in [-0.39, 0.29) is 0 Å². The molecule has 0 heterocycles. The van der Waals surface area contributed by atoms with Gasteiger partial charge in [0.15, 0.2) is 0 Å². The van der Waals surface area contributed by atoms with Crippen molar-refractivity contribution in [3.05, 3.63) is 41.8 Å². The van der Waals surface area contributed by atoms with Gasteiger partial charge in [-0.05, 0) is 24.0 Å². The molecule has 1 aromatic rings. The van der Waals surface area contributed by atoms with Crippen LogP contribution in [-0.2, 0) is 10.8 Å². The van der Waals surface area contributed by atoms with Crippen LogP contribution < -0.4 is 0 Å². The van der Waals surface area contributed by atoms with Crippen molar-refractivity contribution in [2.75, 3.05) is 11.5 Å². The van der Waals surface area contributed by atoms with Gasteiger partial charge >= 0.3 is 0 Å². The van der Waals surface area contributed by atoms with Crippen LogP contribution in [0.25, 0.3) is 0 Å². The molecule has 0 saturated carbocycles. The summed E-state index contributed by atoms with van der Waals surface area (Å²) in [6.45, 7) is 2.17. The Bertz CT molecular complexity index is 335. The van der Waals surface area contributed by atoms with Crippen LogP contribution in [0.3, 0.4) is 0 Å². The molecule has 0 saturated heterocycles. The Kier molecular flexibility index (Phi) is 7.72. The molecule has 1 nitrogen and oxygen atoms in total. The second-order valence-electron chi connectivity index (χ2n) is 3.12. The fraction of sp³-hybridized carbons (Fsp3) is 0.333. The Labute approximate surface area is 108 Å². The van der Waals surface area contributed by atoms with Gasteiger partial charge in [-0.1, -0.05) is 52.8 Å². The molecule has 1 aromatic carbocycles. The molecule has 16 heavy (non-hydrogen) atoms. The number of benzene rings is 1. The highest BCUT2D eigenvalue weighted by atomic mass is 33.1. The van der Waals surface area contributed by atoms with Crippen LogP contribution in [-0.4, -0.2) is 15.7 Å². The fourth-order valence-corrected chi connectivity index (χ4v) is 3.83. The second-order valence-corrected chi connectivity index (χ2v) is 7.00. The molecule has 0 aliphatic heterocycles. The normalized spacial score (nSPS) is 13.1. The molecular formula is C12H16OS3. The molecule has 4 heteroatoms. The van der Waals surface area contributed by atoms with Crippen molar-refractivity contribution in [2.45, 2.75) is 18.2 Å². The Morgan fingerprint density at radius 2 is 2.06 bits per heavy atom. The Balaban J connectivity index is 2.25. The van der Waals surface area contributed by atoms with E-state index in [1.165, 1.54) is 6.42 Å². The smallest absolute Gasteiger partial charge is 0.0568 e. The predicted octanol–water partition coefficient (Wildman–Crippen LogP) is 4.10. The summed E-state index contributed by atoms with van der Waals surface area (Å²) in [6, 6.07) is 9.59. The lowest BCUT2D eigenvalue weighted by Crippen LogP contribution is -1.93. The molecule has 1 atom stereocenters. The molecule has 0 aromatic heterocycles. The third-order valence-corrected chi connectivity index (χ3v) is 5.31. The molecule has 1 rings (SSSR count). The van der Waals surface area contributed by atoms with Gasteiger partial charge in [0.05, 0.1) is 10.8 Å². The van der Waals surface area contributed by atoms with Crippen molar-refractivity contribution in [1.29, 1.82) is 0 Å². The van der Waals surface area contributed by atoms with Gasteiger partial charge in [0.25, 0.3) is 0 Å². The third kappa shape index (κ3) is 5.77. The topological polar surface area (TPSA) is 17.1 Å². The number of rotatable bonds is 7. The minimum atomic E-state index is -0.900. The summed E-state index contributed by atoms with van der Waals surface area (Å²) in [5.41, 5.74) is 0. The second kappa shape index (κ2) is 8.90. The Morgan fingerprint density at radius 1 is 1.31 bits per heavy atom. The van der Waals surface area contributed by atoms with Gasteiger partial charge in [-0.15, -0.1) is 0 Å². The van der Waals surface area contributed by atoms with Gasteiger partial charge in [0.2, 0.25) is 0 Å². The Hall–Kier alpha value is -0.190. The third-order valence-electron chi connectivity index (χ3n) is 1.76. The van der Waals surface area contributed by atoms with Crippen molar-refractivity contribution in [3.63, 3.8) is 0 Å². The van der Waals surface area contributed by atoms with Crippen LogP contribution >= 0.6 is 21.6 Å². The molecule has 0 N–H and O–H groups in total. The average Bonchev–Trinajstić information content (AvgIpc) is 2.34. The van der Waals surface area contributed by atoms with E-state index in [1.807, 2.05) is 52.6 Å². The summed E-state index contributed by atoms with van der Waals surface area (Å²) >= 11 is 0. The van der Waals surface area contributed by atoms with Gasteiger partial charge in [-0.2, -0.15) is 0 Å². The summed E-state index contributed by atoms with van der Waals surface area (Å²) in [4.78, 5) is 0.901. The molecule has 88 valence electrons. The predicted molar refractivity (Wildman–Crippen MR) is 77.2 cm³/mol. The zero-order valence-corrected chi connectivity index (χ0v) is 11.7. The molecule has 0 aliphatic rings. The van der Waals surface area contributed by atoms with E-state index in [4.69, 9.17) is 0 Å². The van der Waals surface area contributed by atoms with E-state index >= 15 is 0 Å². The maximum Gasteiger partial charge on any atom is 0.0568 e. The highest BCUT2D eigenvalue weighted by Crippen LogP contribution is 2.22. The molecular weight excluding hydrogens is 256 g/mol. The van der Waals surface area contributed by atoms with Crippen LogP contribution in [0.2, 0.25) is 0 Å². The first-order valence-electron chi connectivity index (χ1n) is 5.21. The molecule has 0 aliphatic carbocycles. The highest BCUT2D eigenvalue weighted by Gasteiger charge is 1.98. The summed E-state index contributed by atoms with van der Waals surface area (Å²) in [5.74, 6) is 1.76. The van der Waals surface area contributed by atoms with Crippen molar-refractivity contribution in [3.8, 4) is 0 Å². The number of hydrogen-bond acceptors (Lipinski definition) is 3. The quantitative estimate of drug-likeness (QED) is 0.549. The molecule has 0 spiro atoms. The summed E-state index contributed by atoms with van der Waals surface area (Å²) < 4.78 is 11.8. The van der Waals surface area contributed by atoms with Gasteiger partial charge in [0, 0.05) is 16.4 Å². The van der Waals surface area contributed by atoms with Crippen LogP contribution in [0.1, 0.15) is 13.3 Å². The first-order chi connectivity index (χ1) is 7.84. The minimum Gasteiger partial charge on any atom is -0.254 e. The van der Waals surface area contributed by atoms with Crippen molar-refractivity contribution >= 4 is 32.4 Å².